The summed E-state index contributed by atoms with van der Waals surface area (Å²) in [6.45, 7) is 2.11. The minimum Gasteiger partial charge on any atom is -0.0917 e. The highest BCUT2D eigenvalue weighted by molar-refractivity contribution is 14.1. The molecule has 0 nitrogen and oxygen atoms in total. The van der Waals surface area contributed by atoms with E-state index in [1.54, 1.807) is 0 Å². The fourth-order valence-electron chi connectivity index (χ4n) is 2.68. The van der Waals surface area contributed by atoms with E-state index in [0.717, 1.165) is 8.84 Å². The highest BCUT2D eigenvalue weighted by Crippen LogP contribution is 2.73. The molecule has 3 aliphatic carbocycles. The van der Waals surface area contributed by atoms with Gasteiger partial charge in [0.15, 0.2) is 0 Å². The van der Waals surface area contributed by atoms with E-state index in [-0.39, 0.29) is 0 Å². The average Bonchev–Trinajstić information content (AvgIpc) is 1.82. The molecule has 0 amide bonds. The molecular weight excluding hydrogens is 247 g/mol. The maximum absolute atomic E-state index is 2.65. The lowest BCUT2D eigenvalue weighted by Crippen LogP contribution is -2.62. The summed E-state index contributed by atoms with van der Waals surface area (Å²) in [6.07, 6.45) is 11.8. The molecule has 0 spiro atoms. The molecule has 3 rings (SSSR count). The monoisotopic (exact) mass is 262 g/mol. The molecule has 0 unspecified atom stereocenters. The molecule has 2 bridgehead atoms. The third kappa shape index (κ3) is 1.25. The van der Waals surface area contributed by atoms with Crippen LogP contribution in [-0.4, -0.2) is 3.42 Å². The standard InChI is InChI=1S/C10H15I/c1-2-3-4-5-9-6-10(11,7-9)8-9/h2-3H,4-8H2,1H3/b3-2+. The number of hydrogen-bond donors (Lipinski definition) is 0. The summed E-state index contributed by atoms with van der Waals surface area (Å²) < 4.78 is 0.772. The normalized spacial score (nSPS) is 47.1. The van der Waals surface area contributed by atoms with Crippen molar-refractivity contribution in [3.63, 3.8) is 0 Å². The summed E-state index contributed by atoms with van der Waals surface area (Å²) in [5.41, 5.74) is 0.820. The predicted octanol–water partition coefficient (Wildman–Crippen LogP) is 3.70. The molecule has 0 aromatic heterocycles. The zero-order valence-electron chi connectivity index (χ0n) is 7.07. The molecule has 3 saturated carbocycles. The van der Waals surface area contributed by atoms with Crippen LogP contribution in [0.1, 0.15) is 39.0 Å². The third-order valence-electron chi connectivity index (χ3n) is 3.15. The second-order valence-corrected chi connectivity index (χ2v) is 6.58. The summed E-state index contributed by atoms with van der Waals surface area (Å²) in [5, 5.41) is 0. The SMILES string of the molecule is C/C=C/CCC12CC(I)(C1)C2. The van der Waals surface area contributed by atoms with Crippen LogP contribution in [-0.2, 0) is 0 Å². The van der Waals surface area contributed by atoms with Crippen LogP contribution in [0.25, 0.3) is 0 Å². The van der Waals surface area contributed by atoms with Gasteiger partial charge in [-0.05, 0) is 44.4 Å². The van der Waals surface area contributed by atoms with E-state index in [1.165, 1.54) is 32.1 Å². The number of halogens is 1. The maximum atomic E-state index is 2.65. The van der Waals surface area contributed by atoms with Crippen molar-refractivity contribution in [3.8, 4) is 0 Å². The van der Waals surface area contributed by atoms with Gasteiger partial charge in [0.2, 0.25) is 0 Å². The lowest BCUT2D eigenvalue weighted by Gasteiger charge is -2.68. The molecule has 11 heavy (non-hydrogen) atoms. The Morgan fingerprint density at radius 1 is 1.36 bits per heavy atom. The molecular formula is C10H15I. The zero-order valence-corrected chi connectivity index (χ0v) is 9.23. The summed E-state index contributed by atoms with van der Waals surface area (Å²) in [5.74, 6) is 0. The van der Waals surface area contributed by atoms with Crippen molar-refractivity contribution in [2.75, 3.05) is 0 Å². The van der Waals surface area contributed by atoms with Crippen molar-refractivity contribution in [2.24, 2.45) is 5.41 Å². The van der Waals surface area contributed by atoms with Crippen LogP contribution in [0.4, 0.5) is 0 Å². The second kappa shape index (κ2) is 2.48. The van der Waals surface area contributed by atoms with E-state index in [0.29, 0.717) is 0 Å². The molecule has 0 radical (unpaired) electrons. The molecule has 3 aliphatic rings. The fourth-order valence-corrected chi connectivity index (χ4v) is 5.11. The van der Waals surface area contributed by atoms with Crippen LogP contribution in [0, 0.1) is 5.41 Å². The maximum Gasteiger partial charge on any atom is 0.0238 e. The molecule has 0 heterocycles. The smallest absolute Gasteiger partial charge is 0.0238 e. The van der Waals surface area contributed by atoms with Crippen LogP contribution in [0.5, 0.6) is 0 Å². The molecule has 1 heteroatoms. The van der Waals surface area contributed by atoms with Crippen molar-refractivity contribution in [2.45, 2.75) is 42.4 Å². The van der Waals surface area contributed by atoms with Crippen LogP contribution in [0.15, 0.2) is 12.2 Å². The van der Waals surface area contributed by atoms with E-state index >= 15 is 0 Å². The van der Waals surface area contributed by atoms with Gasteiger partial charge in [0.25, 0.3) is 0 Å². The Morgan fingerprint density at radius 2 is 2.00 bits per heavy atom. The minimum absolute atomic E-state index is 0.772. The van der Waals surface area contributed by atoms with E-state index in [2.05, 4.69) is 41.7 Å². The quantitative estimate of drug-likeness (QED) is 0.413. The molecule has 0 N–H and O–H groups in total. The van der Waals surface area contributed by atoms with Gasteiger partial charge >= 0.3 is 0 Å². The van der Waals surface area contributed by atoms with E-state index in [4.69, 9.17) is 0 Å². The fraction of sp³-hybridized carbons (Fsp3) is 0.800. The first-order chi connectivity index (χ1) is 5.18. The molecule has 0 aromatic rings. The van der Waals surface area contributed by atoms with Crippen molar-refractivity contribution < 1.29 is 0 Å². The molecule has 62 valence electrons. The van der Waals surface area contributed by atoms with Crippen molar-refractivity contribution in [1.82, 2.24) is 0 Å². The van der Waals surface area contributed by atoms with Crippen LogP contribution >= 0.6 is 22.6 Å². The van der Waals surface area contributed by atoms with Gasteiger partial charge in [-0.1, -0.05) is 34.7 Å². The predicted molar refractivity (Wildman–Crippen MR) is 57.1 cm³/mol. The van der Waals surface area contributed by atoms with Gasteiger partial charge in [-0.15, -0.1) is 0 Å². The van der Waals surface area contributed by atoms with Gasteiger partial charge in [0.05, 0.1) is 0 Å². The van der Waals surface area contributed by atoms with Crippen LogP contribution < -0.4 is 0 Å². The van der Waals surface area contributed by atoms with Gasteiger partial charge in [0.1, 0.15) is 0 Å². The van der Waals surface area contributed by atoms with E-state index in [1.807, 2.05) is 0 Å². The Balaban J connectivity index is 1.74. The number of alkyl halides is 1. The number of allylic oxidation sites excluding steroid dienone is 2. The van der Waals surface area contributed by atoms with Crippen LogP contribution in [0.2, 0.25) is 0 Å². The largest absolute Gasteiger partial charge is 0.0917 e. The molecule has 0 aliphatic heterocycles. The Hall–Kier alpha value is 0.470. The highest BCUT2D eigenvalue weighted by atomic mass is 127. The molecule has 0 atom stereocenters. The lowest BCUT2D eigenvalue weighted by atomic mass is 9.43. The molecule has 3 fully saturated rings. The van der Waals surface area contributed by atoms with Gasteiger partial charge in [-0.2, -0.15) is 0 Å². The van der Waals surface area contributed by atoms with Crippen LogP contribution in [0.3, 0.4) is 0 Å². The van der Waals surface area contributed by atoms with E-state index < -0.39 is 0 Å². The summed E-state index contributed by atoms with van der Waals surface area (Å²) in [7, 11) is 0. The van der Waals surface area contributed by atoms with Gasteiger partial charge in [-0.25, -0.2) is 0 Å². The summed E-state index contributed by atoms with van der Waals surface area (Å²) in [4.78, 5) is 0. The first-order valence-electron chi connectivity index (χ1n) is 4.48. The van der Waals surface area contributed by atoms with Crippen molar-refractivity contribution in [1.29, 1.82) is 0 Å². The Bertz CT molecular complexity index is 173. The van der Waals surface area contributed by atoms with Gasteiger partial charge < -0.3 is 0 Å². The van der Waals surface area contributed by atoms with Crippen molar-refractivity contribution in [3.05, 3.63) is 12.2 Å². The lowest BCUT2D eigenvalue weighted by molar-refractivity contribution is -0.0684. The summed E-state index contributed by atoms with van der Waals surface area (Å²) >= 11 is 2.65. The number of hydrogen-bond acceptors (Lipinski definition) is 0. The summed E-state index contributed by atoms with van der Waals surface area (Å²) in [6, 6.07) is 0. The second-order valence-electron chi connectivity index (χ2n) is 4.29. The van der Waals surface area contributed by atoms with Gasteiger partial charge in [0, 0.05) is 3.42 Å². The molecule has 0 saturated heterocycles. The minimum atomic E-state index is 0.772. The average molecular weight is 262 g/mol. The molecule has 0 aromatic carbocycles. The zero-order chi connectivity index (χ0) is 7.95. The van der Waals surface area contributed by atoms with E-state index in [9.17, 15) is 0 Å². The topological polar surface area (TPSA) is 0 Å². The Labute approximate surface area is 82.6 Å². The number of rotatable bonds is 3. The third-order valence-corrected chi connectivity index (χ3v) is 4.30. The van der Waals surface area contributed by atoms with Crippen molar-refractivity contribution >= 4 is 22.6 Å². The van der Waals surface area contributed by atoms with Gasteiger partial charge in [-0.3, -0.25) is 0 Å². The Kier molecular flexibility index (Phi) is 1.82. The Morgan fingerprint density at radius 3 is 2.45 bits per heavy atom. The highest BCUT2D eigenvalue weighted by Gasteiger charge is 2.65. The first kappa shape index (κ1) is 8.09. The first-order valence-corrected chi connectivity index (χ1v) is 5.56.